The maximum absolute atomic E-state index is 15.0. The van der Waals surface area contributed by atoms with Crippen molar-refractivity contribution < 1.29 is 38.7 Å². The third-order valence-corrected chi connectivity index (χ3v) is 11.9. The number of aromatic nitrogens is 1. The van der Waals surface area contributed by atoms with E-state index in [9.17, 15) is 29.1 Å². The molecule has 1 aromatic heterocycles. The Morgan fingerprint density at radius 3 is 1.56 bits per heavy atom. The Morgan fingerprint density at radius 1 is 0.556 bits per heavy atom. The summed E-state index contributed by atoms with van der Waals surface area (Å²) >= 11 is 0. The van der Waals surface area contributed by atoms with Crippen molar-refractivity contribution in [1.29, 1.82) is 0 Å². The molecule has 8 N–H and O–H groups in total. The van der Waals surface area contributed by atoms with E-state index in [1.54, 1.807) is 20.0 Å². The van der Waals surface area contributed by atoms with Crippen molar-refractivity contribution in [2.45, 2.75) is 116 Å². The number of aromatic amines is 1. The van der Waals surface area contributed by atoms with E-state index in [4.69, 9.17) is 0 Å². The molecule has 0 saturated carbocycles. The van der Waals surface area contributed by atoms with E-state index in [0.29, 0.717) is 29.5 Å². The Bertz CT molecular complexity index is 2190. The van der Waals surface area contributed by atoms with E-state index in [-0.39, 0.29) is 18.8 Å². The normalized spacial score (nSPS) is 23.0. The number of carbonyl (C=O) groups is 7. The Hall–Kier alpha value is -6.51. The quantitative estimate of drug-likeness (QED) is 0.0975. The van der Waals surface area contributed by atoms with Gasteiger partial charge in [0.15, 0.2) is 0 Å². The summed E-state index contributed by atoms with van der Waals surface area (Å²) in [7, 11) is 0. The first-order valence-corrected chi connectivity index (χ1v) is 21.8. The van der Waals surface area contributed by atoms with Crippen LogP contribution in [-0.2, 0) is 40.0 Å². The predicted molar refractivity (Wildman–Crippen MR) is 239 cm³/mol. The van der Waals surface area contributed by atoms with Gasteiger partial charge in [0.2, 0.25) is 35.4 Å². The molecule has 15 heteroatoms. The smallest absolute Gasteiger partial charge is 0.305 e. The van der Waals surface area contributed by atoms with Crippen LogP contribution < -0.4 is 31.9 Å². The van der Waals surface area contributed by atoms with Crippen molar-refractivity contribution in [2.75, 3.05) is 0 Å². The molecule has 3 aromatic carbocycles. The van der Waals surface area contributed by atoms with Crippen molar-refractivity contribution in [3.05, 3.63) is 108 Å². The Kier molecular flexibility index (Phi) is 16.6. The first-order valence-electron chi connectivity index (χ1n) is 21.8. The predicted octanol–water partition coefficient (Wildman–Crippen LogP) is 4.08. The molecule has 2 heterocycles. The average Bonchev–Trinajstić information content (AvgIpc) is 3.68. The Morgan fingerprint density at radius 2 is 1.00 bits per heavy atom. The molecule has 0 spiro atoms. The molecule has 0 unspecified atom stereocenters. The van der Waals surface area contributed by atoms with E-state index in [2.05, 4.69) is 36.9 Å². The molecule has 0 aliphatic carbocycles. The number of benzene rings is 3. The number of H-pyrrole nitrogens is 1. The van der Waals surface area contributed by atoms with E-state index in [1.807, 2.05) is 113 Å². The highest BCUT2D eigenvalue weighted by molar-refractivity contribution is 5.99. The van der Waals surface area contributed by atoms with Gasteiger partial charge in [0, 0.05) is 29.4 Å². The van der Waals surface area contributed by atoms with Crippen molar-refractivity contribution in [3.63, 3.8) is 0 Å². The summed E-state index contributed by atoms with van der Waals surface area (Å²) in [6.07, 6.45) is 1.87. The SMILES string of the molecule is CC[C@H](C)[C@@H]1NC(=O)[C@H](CC(=O)O)NC(=O)[C@H](CC(C)C)NC(=O)[C@@H](C(c2ccccc2)c2ccccc2)NC(=O)[C@H](Cc2c[nH]c3ccccc23)NC(=O)[C@H]([C@@H](C)CC)NC1=O. The number of nitrogens with one attached hydrogen (secondary N) is 7. The van der Waals surface area contributed by atoms with Gasteiger partial charge >= 0.3 is 5.97 Å². The topological polar surface area (TPSA) is 228 Å². The molecule has 1 fully saturated rings. The Balaban J connectivity index is 1.69. The molecule has 63 heavy (non-hydrogen) atoms. The number of rotatable bonds is 13. The number of carbonyl (C=O) groups excluding carboxylic acids is 6. The molecule has 1 aliphatic heterocycles. The number of carboxylic acid groups (broad SMARTS) is 1. The number of hydrogen-bond donors (Lipinski definition) is 8. The number of para-hydroxylation sites is 1. The van der Waals surface area contributed by atoms with E-state index < -0.39 is 102 Å². The van der Waals surface area contributed by atoms with Crippen LogP contribution in [0, 0.1) is 17.8 Å². The van der Waals surface area contributed by atoms with Crippen LogP contribution in [0.25, 0.3) is 10.9 Å². The number of aliphatic carboxylic acids is 1. The van der Waals surface area contributed by atoms with Gasteiger partial charge in [-0.2, -0.15) is 0 Å². The summed E-state index contributed by atoms with van der Waals surface area (Å²) < 4.78 is 0. The van der Waals surface area contributed by atoms with Gasteiger partial charge in [0.25, 0.3) is 0 Å². The van der Waals surface area contributed by atoms with Crippen LogP contribution in [0.1, 0.15) is 89.8 Å². The van der Waals surface area contributed by atoms with Crippen molar-refractivity contribution in [2.24, 2.45) is 17.8 Å². The van der Waals surface area contributed by atoms with Crippen LogP contribution in [0.3, 0.4) is 0 Å². The van der Waals surface area contributed by atoms with Gasteiger partial charge < -0.3 is 42.0 Å². The van der Waals surface area contributed by atoms with Gasteiger partial charge in [0.1, 0.15) is 36.3 Å². The standard InChI is InChI=1S/C48H61N7O8/c1-7-28(5)40-46(61)52-36(24-32-26-49-34-22-16-15-21-33(32)34)44(59)55-42(39(30-17-11-9-12-18-30)31-19-13-10-14-20-31)48(63)51-35(23-27(3)4)43(58)50-37(25-38(56)57)45(60)53-41(29(6)8-2)47(62)54-40/h9-22,26-29,35-37,39-42,49H,7-8,23-25H2,1-6H3,(H,50,58)(H,51,63)(H,52,61)(H,53,60)(H,54,62)(H,55,59)(H,56,57)/t28-,29-,35-,36-,37-,40-,41-,42+/m0/s1. The van der Waals surface area contributed by atoms with Gasteiger partial charge in [-0.3, -0.25) is 33.6 Å². The summed E-state index contributed by atoms with van der Waals surface area (Å²) in [6, 6.07) is 17.7. The summed E-state index contributed by atoms with van der Waals surface area (Å²) in [5.41, 5.74) is 2.86. The van der Waals surface area contributed by atoms with Crippen LogP contribution in [0.15, 0.2) is 91.1 Å². The number of carboxylic acids is 1. The highest BCUT2D eigenvalue weighted by Crippen LogP contribution is 2.29. The first kappa shape index (κ1) is 47.5. The van der Waals surface area contributed by atoms with E-state index in [1.165, 1.54) is 0 Å². The highest BCUT2D eigenvalue weighted by Gasteiger charge is 2.40. The van der Waals surface area contributed by atoms with Gasteiger partial charge in [-0.1, -0.05) is 133 Å². The van der Waals surface area contributed by atoms with Crippen LogP contribution >= 0.6 is 0 Å². The van der Waals surface area contributed by atoms with E-state index in [0.717, 1.165) is 10.9 Å². The first-order chi connectivity index (χ1) is 30.1. The van der Waals surface area contributed by atoms with Gasteiger partial charge in [-0.05, 0) is 46.9 Å². The second-order valence-electron chi connectivity index (χ2n) is 17.0. The Labute approximate surface area is 368 Å². The minimum atomic E-state index is -1.64. The zero-order chi connectivity index (χ0) is 45.8. The number of hydrogen-bond acceptors (Lipinski definition) is 7. The third kappa shape index (κ3) is 12.3. The lowest BCUT2D eigenvalue weighted by atomic mass is 9.84. The fraction of sp³-hybridized carbons (Fsp3) is 0.438. The van der Waals surface area contributed by atoms with Crippen LogP contribution in [0.4, 0.5) is 0 Å². The fourth-order valence-corrected chi connectivity index (χ4v) is 7.96. The minimum Gasteiger partial charge on any atom is -0.481 e. The highest BCUT2D eigenvalue weighted by atomic mass is 16.4. The molecule has 15 nitrogen and oxygen atoms in total. The molecule has 8 atom stereocenters. The molecule has 0 radical (unpaired) electrons. The van der Waals surface area contributed by atoms with Gasteiger partial charge in [-0.15, -0.1) is 0 Å². The molecular weight excluding hydrogens is 803 g/mol. The molecule has 5 rings (SSSR count). The van der Waals surface area contributed by atoms with Crippen molar-refractivity contribution >= 4 is 52.3 Å². The second kappa shape index (κ2) is 22.0. The molecule has 4 aromatic rings. The molecular formula is C48H61N7O8. The summed E-state index contributed by atoms with van der Waals surface area (Å²) in [5, 5.41) is 27.5. The average molecular weight is 864 g/mol. The lowest BCUT2D eigenvalue weighted by Gasteiger charge is -2.33. The molecule has 1 saturated heterocycles. The second-order valence-corrected chi connectivity index (χ2v) is 17.0. The van der Waals surface area contributed by atoms with Crippen LogP contribution in [0.5, 0.6) is 0 Å². The fourth-order valence-electron chi connectivity index (χ4n) is 7.96. The zero-order valence-corrected chi connectivity index (χ0v) is 36.8. The number of amides is 6. The summed E-state index contributed by atoms with van der Waals surface area (Å²) in [6.45, 7) is 10.8. The molecule has 0 bridgehead atoms. The van der Waals surface area contributed by atoms with Gasteiger partial charge in [0.05, 0.1) is 6.42 Å². The summed E-state index contributed by atoms with van der Waals surface area (Å²) in [5.74, 6) is -7.88. The maximum Gasteiger partial charge on any atom is 0.305 e. The van der Waals surface area contributed by atoms with Crippen LogP contribution in [0.2, 0.25) is 0 Å². The summed E-state index contributed by atoms with van der Waals surface area (Å²) in [4.78, 5) is 102. The minimum absolute atomic E-state index is 0.00661. The monoisotopic (exact) mass is 863 g/mol. The largest absolute Gasteiger partial charge is 0.481 e. The molecule has 1 aliphatic rings. The third-order valence-electron chi connectivity index (χ3n) is 11.9. The van der Waals surface area contributed by atoms with E-state index >= 15 is 9.59 Å². The van der Waals surface area contributed by atoms with Gasteiger partial charge in [-0.25, -0.2) is 0 Å². The maximum atomic E-state index is 15.0. The van der Waals surface area contributed by atoms with Crippen LogP contribution in [-0.4, -0.2) is 87.8 Å². The lowest BCUT2D eigenvalue weighted by molar-refractivity contribution is -0.142. The zero-order valence-electron chi connectivity index (χ0n) is 36.8. The van der Waals surface area contributed by atoms with Crippen molar-refractivity contribution in [1.82, 2.24) is 36.9 Å². The number of fused-ring (bicyclic) bond motifs is 1. The molecule has 336 valence electrons. The van der Waals surface area contributed by atoms with Crippen molar-refractivity contribution in [3.8, 4) is 0 Å². The lowest BCUT2D eigenvalue weighted by Crippen LogP contribution is -2.63. The molecule has 6 amide bonds.